The lowest BCUT2D eigenvalue weighted by Crippen LogP contribution is -2.07. The molecule has 2 aromatic rings. The molecule has 0 unspecified atom stereocenters. The van der Waals surface area contributed by atoms with E-state index in [1.165, 1.54) is 10.7 Å². The van der Waals surface area contributed by atoms with Crippen LogP contribution in [0.1, 0.15) is 17.7 Å². The van der Waals surface area contributed by atoms with Gasteiger partial charge in [-0.3, -0.25) is 0 Å². The van der Waals surface area contributed by atoms with Crippen LogP contribution in [-0.4, -0.2) is 20.9 Å². The fourth-order valence-corrected chi connectivity index (χ4v) is 2.21. The third kappa shape index (κ3) is 3.52. The summed E-state index contributed by atoms with van der Waals surface area (Å²) in [5.41, 5.74) is 0.257. The highest BCUT2D eigenvalue weighted by atomic mass is 79.9. The largest absolute Gasteiger partial charge is 0.416 e. The van der Waals surface area contributed by atoms with Crippen LogP contribution >= 0.6 is 27.5 Å². The average molecular weight is 369 g/mol. The van der Waals surface area contributed by atoms with Gasteiger partial charge in [-0.1, -0.05) is 5.21 Å². The van der Waals surface area contributed by atoms with Gasteiger partial charge in [-0.05, 0) is 47.0 Å². The first-order chi connectivity index (χ1) is 9.41. The van der Waals surface area contributed by atoms with Crippen molar-refractivity contribution in [1.82, 2.24) is 15.0 Å². The molecule has 108 valence electrons. The van der Waals surface area contributed by atoms with Crippen LogP contribution in [0, 0.1) is 0 Å². The Morgan fingerprint density at radius 1 is 1.30 bits per heavy atom. The Kier molecular flexibility index (Phi) is 4.70. The van der Waals surface area contributed by atoms with Crippen molar-refractivity contribution < 1.29 is 13.2 Å². The van der Waals surface area contributed by atoms with Gasteiger partial charge in [0, 0.05) is 10.4 Å². The van der Waals surface area contributed by atoms with Crippen molar-refractivity contribution in [3.63, 3.8) is 0 Å². The summed E-state index contributed by atoms with van der Waals surface area (Å²) >= 11 is 8.80. The summed E-state index contributed by atoms with van der Waals surface area (Å²) in [6.07, 6.45) is -1.41. The highest BCUT2D eigenvalue weighted by Gasteiger charge is 2.31. The smallest absolute Gasteiger partial charge is 0.219 e. The molecule has 8 heteroatoms. The molecule has 0 atom stereocenters. The summed E-state index contributed by atoms with van der Waals surface area (Å²) in [6.45, 7) is 0. The highest BCUT2D eigenvalue weighted by molar-refractivity contribution is 9.10. The fourth-order valence-electron chi connectivity index (χ4n) is 1.64. The third-order valence-electron chi connectivity index (χ3n) is 2.63. The number of rotatable bonds is 4. The van der Waals surface area contributed by atoms with Crippen LogP contribution in [0.25, 0.3) is 5.69 Å². The average Bonchev–Trinajstić information content (AvgIpc) is 2.84. The van der Waals surface area contributed by atoms with E-state index in [0.29, 0.717) is 28.2 Å². The quantitative estimate of drug-likeness (QED) is 0.757. The molecule has 1 aromatic heterocycles. The first kappa shape index (κ1) is 15.3. The maximum atomic E-state index is 12.7. The van der Waals surface area contributed by atoms with E-state index in [9.17, 15) is 13.2 Å². The molecule has 1 heterocycles. The predicted molar refractivity (Wildman–Crippen MR) is 73.1 cm³/mol. The molecule has 0 amide bonds. The van der Waals surface area contributed by atoms with Gasteiger partial charge in [0.05, 0.1) is 23.1 Å². The van der Waals surface area contributed by atoms with E-state index >= 15 is 0 Å². The molecule has 0 saturated heterocycles. The van der Waals surface area contributed by atoms with E-state index in [4.69, 9.17) is 11.6 Å². The molecular weight excluding hydrogens is 359 g/mol. The lowest BCUT2D eigenvalue weighted by Gasteiger charge is -2.10. The second-order valence-corrected chi connectivity index (χ2v) is 5.34. The minimum atomic E-state index is -4.39. The number of halogens is 5. The number of nitrogens with zero attached hydrogens (tertiary/aromatic N) is 3. The molecule has 2 rings (SSSR count). The number of aromatic nitrogens is 3. The molecule has 0 fully saturated rings. The molecule has 1 aromatic carbocycles. The van der Waals surface area contributed by atoms with Gasteiger partial charge >= 0.3 is 6.18 Å². The Balaban J connectivity index is 2.34. The Hall–Kier alpha value is -1.08. The summed E-state index contributed by atoms with van der Waals surface area (Å²) < 4.78 is 40.0. The van der Waals surface area contributed by atoms with Crippen LogP contribution in [0.3, 0.4) is 0 Å². The number of hydrogen-bond donors (Lipinski definition) is 0. The van der Waals surface area contributed by atoms with Crippen molar-refractivity contribution in [2.24, 2.45) is 0 Å². The Morgan fingerprint density at radius 2 is 2.05 bits per heavy atom. The summed E-state index contributed by atoms with van der Waals surface area (Å²) in [4.78, 5) is 0. The van der Waals surface area contributed by atoms with Crippen LogP contribution in [0.15, 0.2) is 28.9 Å². The molecule has 0 spiro atoms. The summed E-state index contributed by atoms with van der Waals surface area (Å²) in [7, 11) is 0. The van der Waals surface area contributed by atoms with Crippen LogP contribution < -0.4 is 0 Å². The van der Waals surface area contributed by atoms with Crippen LogP contribution in [0.2, 0.25) is 0 Å². The van der Waals surface area contributed by atoms with Crippen LogP contribution in [0.4, 0.5) is 13.2 Å². The van der Waals surface area contributed by atoms with Gasteiger partial charge in [0.2, 0.25) is 0 Å². The first-order valence-electron chi connectivity index (χ1n) is 5.76. The summed E-state index contributed by atoms with van der Waals surface area (Å²) in [5.74, 6) is 0.500. The van der Waals surface area contributed by atoms with Gasteiger partial charge in [-0.2, -0.15) is 13.2 Å². The van der Waals surface area contributed by atoms with Crippen molar-refractivity contribution in [2.45, 2.75) is 19.0 Å². The van der Waals surface area contributed by atoms with Gasteiger partial charge in [-0.25, -0.2) is 4.68 Å². The molecular formula is C12H10BrClF3N3. The predicted octanol–water partition coefficient (Wildman–Crippen LogP) is 4.22. The van der Waals surface area contributed by atoms with E-state index < -0.39 is 11.7 Å². The van der Waals surface area contributed by atoms with Crippen LogP contribution in [-0.2, 0) is 12.6 Å². The molecule has 0 aliphatic rings. The zero-order chi connectivity index (χ0) is 14.8. The highest BCUT2D eigenvalue weighted by Crippen LogP contribution is 2.33. The molecule has 0 bridgehead atoms. The van der Waals surface area contributed by atoms with Gasteiger partial charge in [0.1, 0.15) is 0 Å². The fraction of sp³-hybridized carbons (Fsp3) is 0.333. The van der Waals surface area contributed by atoms with Crippen molar-refractivity contribution in [3.05, 3.63) is 40.1 Å². The SMILES string of the molecule is FC(F)(F)c1ccc(Br)c(-n2cc(CCCCl)nn2)c1. The third-order valence-corrected chi connectivity index (χ3v) is 3.57. The van der Waals surface area contributed by atoms with Crippen molar-refractivity contribution in [2.75, 3.05) is 5.88 Å². The lowest BCUT2D eigenvalue weighted by atomic mass is 10.2. The van der Waals surface area contributed by atoms with Crippen molar-refractivity contribution in [3.8, 4) is 5.69 Å². The maximum Gasteiger partial charge on any atom is 0.416 e. The van der Waals surface area contributed by atoms with E-state index in [-0.39, 0.29) is 0 Å². The normalized spacial score (nSPS) is 11.8. The molecule has 0 N–H and O–H groups in total. The Labute approximate surface area is 126 Å². The van der Waals surface area contributed by atoms with Gasteiger partial charge in [0.15, 0.2) is 0 Å². The zero-order valence-corrected chi connectivity index (χ0v) is 12.5. The Morgan fingerprint density at radius 3 is 2.70 bits per heavy atom. The molecule has 20 heavy (non-hydrogen) atoms. The van der Waals surface area contributed by atoms with Gasteiger partial charge in [0.25, 0.3) is 0 Å². The summed E-state index contributed by atoms with van der Waals surface area (Å²) in [5, 5.41) is 7.76. The zero-order valence-electron chi connectivity index (χ0n) is 10.2. The molecule has 3 nitrogen and oxygen atoms in total. The van der Waals surface area contributed by atoms with Crippen LogP contribution in [0.5, 0.6) is 0 Å². The molecule has 0 aliphatic carbocycles. The minimum Gasteiger partial charge on any atom is -0.219 e. The lowest BCUT2D eigenvalue weighted by molar-refractivity contribution is -0.137. The topological polar surface area (TPSA) is 30.7 Å². The van der Waals surface area contributed by atoms with Crippen molar-refractivity contribution >= 4 is 27.5 Å². The van der Waals surface area contributed by atoms with E-state index in [2.05, 4.69) is 26.2 Å². The number of alkyl halides is 4. The number of aryl methyl sites for hydroxylation is 1. The molecule has 0 saturated carbocycles. The van der Waals surface area contributed by atoms with E-state index in [0.717, 1.165) is 18.6 Å². The van der Waals surface area contributed by atoms with Crippen molar-refractivity contribution in [1.29, 1.82) is 0 Å². The van der Waals surface area contributed by atoms with Gasteiger partial charge < -0.3 is 0 Å². The maximum absolute atomic E-state index is 12.7. The summed E-state index contributed by atoms with van der Waals surface area (Å²) in [6, 6.07) is 3.39. The molecule has 0 aliphatic heterocycles. The second kappa shape index (κ2) is 6.13. The van der Waals surface area contributed by atoms with E-state index in [1.807, 2.05) is 0 Å². The number of hydrogen-bond acceptors (Lipinski definition) is 2. The Bertz CT molecular complexity index is 598. The standard InChI is InChI=1S/C12H10BrClF3N3/c13-10-4-3-8(12(15,16)17)6-11(10)20-7-9(18-19-20)2-1-5-14/h3-4,6-7H,1-2,5H2. The first-order valence-corrected chi connectivity index (χ1v) is 7.09. The van der Waals surface area contributed by atoms with E-state index in [1.54, 1.807) is 6.20 Å². The minimum absolute atomic E-state index is 0.296. The second-order valence-electron chi connectivity index (χ2n) is 4.11. The molecule has 0 radical (unpaired) electrons. The number of benzene rings is 1. The van der Waals surface area contributed by atoms with Gasteiger partial charge in [-0.15, -0.1) is 16.7 Å². The monoisotopic (exact) mass is 367 g/mol.